The van der Waals surface area contributed by atoms with Gasteiger partial charge >= 0.3 is 0 Å². The maximum Gasteiger partial charge on any atom is 0.163 e. The van der Waals surface area contributed by atoms with E-state index in [9.17, 15) is 0 Å². The highest BCUT2D eigenvalue weighted by atomic mass is 32.2. The van der Waals surface area contributed by atoms with Gasteiger partial charge in [-0.25, -0.2) is 4.99 Å². The molecule has 6 nitrogen and oxygen atoms in total. The summed E-state index contributed by atoms with van der Waals surface area (Å²) in [4.78, 5) is 8.17. The highest BCUT2D eigenvalue weighted by Crippen LogP contribution is 2.39. The van der Waals surface area contributed by atoms with Crippen molar-refractivity contribution in [2.75, 3.05) is 31.6 Å². The molecule has 0 saturated carbocycles. The smallest absolute Gasteiger partial charge is 0.163 e. The molecule has 0 saturated heterocycles. The number of hydrogen-bond donors (Lipinski definition) is 2. The molecule has 146 valence electrons. The largest absolute Gasteiger partial charge is 0.486 e. The number of nitrogens with zero attached hydrogens (tertiary/aromatic N) is 2. The van der Waals surface area contributed by atoms with Gasteiger partial charge in [0.15, 0.2) is 17.3 Å². The molecule has 2 aromatic carbocycles. The minimum Gasteiger partial charge on any atom is -0.486 e. The molecule has 0 aliphatic carbocycles. The van der Waals surface area contributed by atoms with Crippen LogP contribution in [0.25, 0.3) is 0 Å². The van der Waals surface area contributed by atoms with Crippen molar-refractivity contribution in [1.29, 1.82) is 0 Å². The van der Waals surface area contributed by atoms with E-state index in [1.165, 1.54) is 11.8 Å². The molecule has 2 aliphatic heterocycles. The highest BCUT2D eigenvalue weighted by Gasteiger charge is 2.26. The Bertz CT molecular complexity index is 924. The van der Waals surface area contributed by atoms with Crippen LogP contribution in [0.15, 0.2) is 63.2 Å². The van der Waals surface area contributed by atoms with Crippen LogP contribution in [-0.2, 0) is 0 Å². The Balaban J connectivity index is 1.77. The first-order valence-electron chi connectivity index (χ1n) is 9.47. The molecule has 0 fully saturated rings. The summed E-state index contributed by atoms with van der Waals surface area (Å²) in [6.07, 6.45) is 0. The van der Waals surface area contributed by atoms with E-state index in [1.54, 1.807) is 0 Å². The second-order valence-corrected chi connectivity index (χ2v) is 7.52. The standard InChI is InChI=1S/C21H24N4O2S/c1-3-25(4-2)21-15-12-17-18(27-11-10-26-17)13-16(15)23-20(24-21)19(22)28-14-8-6-5-7-9-14/h5-9,12-13,23H,3-4,10-11,22H2,1-2H3/b20-19-. The summed E-state index contributed by atoms with van der Waals surface area (Å²) in [7, 11) is 0. The van der Waals surface area contributed by atoms with Gasteiger partial charge < -0.3 is 25.4 Å². The molecule has 28 heavy (non-hydrogen) atoms. The zero-order valence-corrected chi connectivity index (χ0v) is 16.9. The van der Waals surface area contributed by atoms with Gasteiger partial charge in [0.2, 0.25) is 0 Å². The first-order valence-corrected chi connectivity index (χ1v) is 10.3. The number of nitrogens with one attached hydrogen (secondary N) is 1. The summed E-state index contributed by atoms with van der Waals surface area (Å²) in [5.41, 5.74) is 8.34. The van der Waals surface area contributed by atoms with Crippen molar-refractivity contribution in [1.82, 2.24) is 4.90 Å². The number of thioether (sulfide) groups is 1. The molecule has 0 spiro atoms. The summed E-state index contributed by atoms with van der Waals surface area (Å²) >= 11 is 1.50. The SMILES string of the molecule is CCN(CC)C1=N/C(=C(/N)Sc2ccccc2)Nc2cc3c(cc21)OCCO3. The van der Waals surface area contributed by atoms with Crippen LogP contribution in [0.5, 0.6) is 11.5 Å². The first-order chi connectivity index (χ1) is 13.7. The number of benzene rings is 2. The van der Waals surface area contributed by atoms with E-state index in [4.69, 9.17) is 20.2 Å². The molecule has 0 radical (unpaired) electrons. The fraction of sp³-hybridized carbons (Fsp3) is 0.286. The van der Waals surface area contributed by atoms with E-state index < -0.39 is 0 Å². The Kier molecular flexibility index (Phi) is 5.34. The van der Waals surface area contributed by atoms with Gasteiger partial charge in [0, 0.05) is 29.6 Å². The van der Waals surface area contributed by atoms with Gasteiger partial charge in [-0.05, 0) is 32.0 Å². The minimum absolute atomic E-state index is 0.553. The topological polar surface area (TPSA) is 72.1 Å². The van der Waals surface area contributed by atoms with Crippen molar-refractivity contribution in [3.8, 4) is 11.5 Å². The summed E-state index contributed by atoms with van der Waals surface area (Å²) in [5, 5.41) is 4.01. The third-order valence-corrected chi connectivity index (χ3v) is 5.58. The average molecular weight is 397 g/mol. The number of amidine groups is 1. The molecule has 2 aliphatic rings. The molecule has 0 atom stereocenters. The first kappa shape index (κ1) is 18.6. The van der Waals surface area contributed by atoms with Gasteiger partial charge in [0.25, 0.3) is 0 Å². The number of aliphatic imine (C=N–C) groups is 1. The number of hydrogen-bond acceptors (Lipinski definition) is 7. The summed E-state index contributed by atoms with van der Waals surface area (Å²) in [6.45, 7) is 7.05. The summed E-state index contributed by atoms with van der Waals surface area (Å²) in [6, 6.07) is 14.0. The number of nitrogens with two attached hydrogens (primary N) is 1. The Morgan fingerprint density at radius 2 is 1.79 bits per heavy atom. The van der Waals surface area contributed by atoms with Crippen molar-refractivity contribution < 1.29 is 9.47 Å². The second kappa shape index (κ2) is 8.06. The van der Waals surface area contributed by atoms with Crippen molar-refractivity contribution in [3.05, 3.63) is 58.9 Å². The van der Waals surface area contributed by atoms with Gasteiger partial charge in [-0.3, -0.25) is 0 Å². The minimum atomic E-state index is 0.553. The number of anilines is 1. The fourth-order valence-electron chi connectivity index (χ4n) is 3.24. The molecule has 0 bridgehead atoms. The molecule has 0 unspecified atom stereocenters. The molecule has 2 aromatic rings. The van der Waals surface area contributed by atoms with Crippen molar-refractivity contribution >= 4 is 23.3 Å². The lowest BCUT2D eigenvalue weighted by Crippen LogP contribution is -2.34. The van der Waals surface area contributed by atoms with Crippen LogP contribution in [0.3, 0.4) is 0 Å². The zero-order valence-electron chi connectivity index (χ0n) is 16.1. The average Bonchev–Trinajstić information content (AvgIpc) is 2.73. The van der Waals surface area contributed by atoms with E-state index >= 15 is 0 Å². The van der Waals surface area contributed by atoms with Crippen LogP contribution in [-0.4, -0.2) is 37.0 Å². The Morgan fingerprint density at radius 3 is 2.46 bits per heavy atom. The summed E-state index contributed by atoms with van der Waals surface area (Å²) in [5.74, 6) is 3.04. The number of rotatable bonds is 4. The normalized spacial score (nSPS) is 16.6. The van der Waals surface area contributed by atoms with E-state index in [1.807, 2.05) is 42.5 Å². The number of fused-ring (bicyclic) bond motifs is 2. The van der Waals surface area contributed by atoms with Gasteiger partial charge in [-0.2, -0.15) is 0 Å². The van der Waals surface area contributed by atoms with Crippen molar-refractivity contribution in [2.45, 2.75) is 18.7 Å². The molecular weight excluding hydrogens is 372 g/mol. The molecule has 2 heterocycles. The molecule has 0 aromatic heterocycles. The molecule has 3 N–H and O–H groups in total. The van der Waals surface area contributed by atoms with Crippen molar-refractivity contribution in [2.24, 2.45) is 10.7 Å². The van der Waals surface area contributed by atoms with Gasteiger partial charge in [-0.15, -0.1) is 0 Å². The molecular formula is C21H24N4O2S. The van der Waals surface area contributed by atoms with Crippen LogP contribution in [0.4, 0.5) is 5.69 Å². The number of ether oxygens (including phenoxy) is 2. The van der Waals surface area contributed by atoms with E-state index in [0.717, 1.165) is 46.6 Å². The Hall–Kier alpha value is -2.80. The maximum absolute atomic E-state index is 6.42. The van der Waals surface area contributed by atoms with Gasteiger partial charge in [-0.1, -0.05) is 30.0 Å². The zero-order chi connectivity index (χ0) is 19.5. The lowest BCUT2D eigenvalue weighted by atomic mass is 10.1. The van der Waals surface area contributed by atoms with Crippen LogP contribution in [0.1, 0.15) is 19.4 Å². The van der Waals surface area contributed by atoms with Crippen LogP contribution >= 0.6 is 11.8 Å². The lowest BCUT2D eigenvalue weighted by Gasteiger charge is -2.30. The molecule has 7 heteroatoms. The Morgan fingerprint density at radius 1 is 1.11 bits per heavy atom. The van der Waals surface area contributed by atoms with Crippen LogP contribution in [0, 0.1) is 0 Å². The quantitative estimate of drug-likeness (QED) is 0.765. The van der Waals surface area contributed by atoms with Crippen LogP contribution in [0.2, 0.25) is 0 Å². The Labute approximate surface area is 169 Å². The molecule has 4 rings (SSSR count). The van der Waals surface area contributed by atoms with Gasteiger partial charge in [0.1, 0.15) is 24.1 Å². The predicted molar refractivity (Wildman–Crippen MR) is 114 cm³/mol. The van der Waals surface area contributed by atoms with E-state index in [-0.39, 0.29) is 0 Å². The summed E-state index contributed by atoms with van der Waals surface area (Å²) < 4.78 is 11.5. The maximum atomic E-state index is 6.42. The van der Waals surface area contributed by atoms with Crippen LogP contribution < -0.4 is 20.5 Å². The fourth-order valence-corrected chi connectivity index (χ4v) is 3.98. The lowest BCUT2D eigenvalue weighted by molar-refractivity contribution is 0.171. The highest BCUT2D eigenvalue weighted by molar-refractivity contribution is 8.03. The second-order valence-electron chi connectivity index (χ2n) is 6.40. The predicted octanol–water partition coefficient (Wildman–Crippen LogP) is 3.85. The van der Waals surface area contributed by atoms with E-state index in [2.05, 4.69) is 24.1 Å². The van der Waals surface area contributed by atoms with Gasteiger partial charge in [0.05, 0.1) is 5.69 Å². The molecule has 0 amide bonds. The third-order valence-electron chi connectivity index (χ3n) is 4.66. The third kappa shape index (κ3) is 3.62. The monoisotopic (exact) mass is 396 g/mol. The van der Waals surface area contributed by atoms with Crippen molar-refractivity contribution in [3.63, 3.8) is 0 Å². The van der Waals surface area contributed by atoms with E-state index in [0.29, 0.717) is 24.1 Å².